The Labute approximate surface area is 167 Å². The van der Waals surface area contributed by atoms with Gasteiger partial charge < -0.3 is 14.8 Å². The number of ether oxygens (including phenoxy) is 2. The first-order chi connectivity index (χ1) is 13.7. The number of hydrogen-bond acceptors (Lipinski definition) is 4. The molecule has 0 radical (unpaired) electrons. The third-order valence-electron chi connectivity index (χ3n) is 5.13. The van der Waals surface area contributed by atoms with Gasteiger partial charge in [0.15, 0.2) is 11.5 Å². The van der Waals surface area contributed by atoms with Crippen LogP contribution in [0.3, 0.4) is 0 Å². The second kappa shape index (κ2) is 8.32. The molecule has 1 aliphatic heterocycles. The van der Waals surface area contributed by atoms with Gasteiger partial charge in [-0.3, -0.25) is 9.69 Å². The first-order valence-corrected chi connectivity index (χ1v) is 9.19. The molecule has 1 amide bonds. The normalized spacial score (nSPS) is 16.8. The molecule has 0 fully saturated rings. The monoisotopic (exact) mass is 408 g/mol. The van der Waals surface area contributed by atoms with Gasteiger partial charge in [0.05, 0.1) is 26.3 Å². The average Bonchev–Trinajstić information content (AvgIpc) is 2.68. The summed E-state index contributed by atoms with van der Waals surface area (Å²) in [6.07, 6.45) is -3.72. The highest BCUT2D eigenvalue weighted by Crippen LogP contribution is 2.37. The van der Waals surface area contributed by atoms with Crippen LogP contribution in [0, 0.1) is 0 Å². The Morgan fingerprint density at radius 3 is 2.52 bits per heavy atom. The van der Waals surface area contributed by atoms with Gasteiger partial charge in [0.2, 0.25) is 5.91 Å². The second-order valence-electron chi connectivity index (χ2n) is 6.93. The van der Waals surface area contributed by atoms with Crippen LogP contribution in [0.4, 0.5) is 18.9 Å². The van der Waals surface area contributed by atoms with Crippen molar-refractivity contribution in [3.8, 4) is 11.5 Å². The number of hydrogen-bond donors (Lipinski definition) is 1. The van der Waals surface area contributed by atoms with Crippen LogP contribution in [0.2, 0.25) is 0 Å². The van der Waals surface area contributed by atoms with E-state index in [-0.39, 0.29) is 24.2 Å². The van der Waals surface area contributed by atoms with E-state index in [1.54, 1.807) is 14.2 Å². The number of nitrogens with zero attached hydrogens (tertiary/aromatic N) is 1. The highest BCUT2D eigenvalue weighted by molar-refractivity contribution is 5.92. The zero-order chi connectivity index (χ0) is 21.2. The van der Waals surface area contributed by atoms with Gasteiger partial charge in [-0.1, -0.05) is 6.07 Å². The molecule has 1 aliphatic rings. The molecular weight excluding hydrogens is 385 g/mol. The fourth-order valence-electron chi connectivity index (χ4n) is 3.57. The molecule has 8 heteroatoms. The molecule has 0 spiro atoms. The molecule has 0 bridgehead atoms. The fraction of sp³-hybridized carbons (Fsp3) is 0.381. The minimum atomic E-state index is -4.45. The molecule has 0 saturated carbocycles. The molecule has 2 aromatic carbocycles. The molecular formula is C21H23F3N2O3. The summed E-state index contributed by atoms with van der Waals surface area (Å²) in [4.78, 5) is 14.4. The SMILES string of the molecule is COc1cc2c(cc1OC)[C@H](C)N(CC(=O)Nc1cccc(C(F)(F)F)c1)CC2. The van der Waals surface area contributed by atoms with Crippen LogP contribution >= 0.6 is 0 Å². The molecule has 29 heavy (non-hydrogen) atoms. The van der Waals surface area contributed by atoms with Crippen LogP contribution < -0.4 is 14.8 Å². The maximum absolute atomic E-state index is 12.8. The number of amides is 1. The lowest BCUT2D eigenvalue weighted by molar-refractivity contribution is -0.137. The molecule has 5 nitrogen and oxygen atoms in total. The summed E-state index contributed by atoms with van der Waals surface area (Å²) in [5.41, 5.74) is 1.50. The Hall–Kier alpha value is -2.74. The molecule has 3 rings (SSSR count). The van der Waals surface area contributed by atoms with E-state index in [0.717, 1.165) is 29.7 Å². The van der Waals surface area contributed by atoms with Crippen molar-refractivity contribution >= 4 is 11.6 Å². The molecule has 1 N–H and O–H groups in total. The van der Waals surface area contributed by atoms with E-state index >= 15 is 0 Å². The zero-order valence-corrected chi connectivity index (χ0v) is 16.5. The Morgan fingerprint density at radius 1 is 1.17 bits per heavy atom. The van der Waals surface area contributed by atoms with E-state index in [1.165, 1.54) is 12.1 Å². The Morgan fingerprint density at radius 2 is 1.86 bits per heavy atom. The summed E-state index contributed by atoms with van der Waals surface area (Å²) in [7, 11) is 3.15. The van der Waals surface area contributed by atoms with Crippen LogP contribution in [0.15, 0.2) is 36.4 Å². The smallest absolute Gasteiger partial charge is 0.416 e. The molecule has 0 aliphatic carbocycles. The lowest BCUT2D eigenvalue weighted by Gasteiger charge is -2.35. The van der Waals surface area contributed by atoms with Gasteiger partial charge in [0.25, 0.3) is 0 Å². The van der Waals surface area contributed by atoms with E-state index in [0.29, 0.717) is 18.0 Å². The van der Waals surface area contributed by atoms with E-state index in [2.05, 4.69) is 5.32 Å². The van der Waals surface area contributed by atoms with Crippen molar-refractivity contribution in [3.63, 3.8) is 0 Å². The topological polar surface area (TPSA) is 50.8 Å². The molecule has 156 valence electrons. The van der Waals surface area contributed by atoms with E-state index < -0.39 is 11.7 Å². The van der Waals surface area contributed by atoms with E-state index in [1.807, 2.05) is 24.0 Å². The average molecular weight is 408 g/mol. The van der Waals surface area contributed by atoms with Gasteiger partial charge in [-0.05, 0) is 54.8 Å². The van der Waals surface area contributed by atoms with Crippen molar-refractivity contribution in [2.45, 2.75) is 25.6 Å². The first kappa shape index (κ1) is 21.0. The number of anilines is 1. The van der Waals surface area contributed by atoms with Crippen LogP contribution in [-0.2, 0) is 17.4 Å². The van der Waals surface area contributed by atoms with Crippen molar-refractivity contribution in [2.75, 3.05) is 32.6 Å². The van der Waals surface area contributed by atoms with Gasteiger partial charge in [0, 0.05) is 18.3 Å². The van der Waals surface area contributed by atoms with Gasteiger partial charge in [-0.25, -0.2) is 0 Å². The predicted octanol–water partition coefficient (Wildman–Crippen LogP) is 4.28. The van der Waals surface area contributed by atoms with Crippen LogP contribution in [0.5, 0.6) is 11.5 Å². The highest BCUT2D eigenvalue weighted by atomic mass is 19.4. The Balaban J connectivity index is 1.71. The number of methoxy groups -OCH3 is 2. The standard InChI is InChI=1S/C21H23F3N2O3/c1-13-17-11-19(29-3)18(28-2)9-14(17)7-8-26(13)12-20(27)25-16-6-4-5-15(10-16)21(22,23)24/h4-6,9-11,13H,7-8,12H2,1-3H3,(H,25,27)/t13-/m0/s1. The number of carbonyl (C=O) groups is 1. The third kappa shape index (κ3) is 4.64. The van der Waals surface area contributed by atoms with Gasteiger partial charge >= 0.3 is 6.18 Å². The van der Waals surface area contributed by atoms with Crippen molar-refractivity contribution in [3.05, 3.63) is 53.1 Å². The number of carbonyl (C=O) groups excluding carboxylic acids is 1. The predicted molar refractivity (Wildman–Crippen MR) is 103 cm³/mol. The third-order valence-corrected chi connectivity index (χ3v) is 5.13. The van der Waals surface area contributed by atoms with Crippen LogP contribution in [-0.4, -0.2) is 38.1 Å². The second-order valence-corrected chi connectivity index (χ2v) is 6.93. The minimum Gasteiger partial charge on any atom is -0.493 e. The van der Waals surface area contributed by atoms with Gasteiger partial charge in [-0.2, -0.15) is 13.2 Å². The lowest BCUT2D eigenvalue weighted by Crippen LogP contribution is -2.39. The van der Waals surface area contributed by atoms with Gasteiger partial charge in [-0.15, -0.1) is 0 Å². The molecule has 1 heterocycles. The molecule has 0 saturated heterocycles. The van der Waals surface area contributed by atoms with Crippen molar-refractivity contribution in [1.82, 2.24) is 4.90 Å². The summed E-state index contributed by atoms with van der Waals surface area (Å²) in [5.74, 6) is 0.919. The molecule has 1 atom stereocenters. The summed E-state index contributed by atoms with van der Waals surface area (Å²) in [6, 6.07) is 8.44. The number of alkyl halides is 3. The number of halogens is 3. The number of rotatable bonds is 5. The summed E-state index contributed by atoms with van der Waals surface area (Å²) < 4.78 is 49.3. The number of nitrogens with one attached hydrogen (secondary N) is 1. The van der Waals surface area contributed by atoms with E-state index in [9.17, 15) is 18.0 Å². The number of benzene rings is 2. The maximum atomic E-state index is 12.8. The molecule has 2 aromatic rings. The fourth-order valence-corrected chi connectivity index (χ4v) is 3.57. The van der Waals surface area contributed by atoms with E-state index in [4.69, 9.17) is 9.47 Å². The van der Waals surface area contributed by atoms with Crippen molar-refractivity contribution < 1.29 is 27.4 Å². The zero-order valence-electron chi connectivity index (χ0n) is 16.5. The summed E-state index contributed by atoms with van der Waals surface area (Å²) in [6.45, 7) is 2.71. The molecule has 0 aromatic heterocycles. The minimum absolute atomic E-state index is 0.0502. The van der Waals surface area contributed by atoms with Crippen molar-refractivity contribution in [2.24, 2.45) is 0 Å². The largest absolute Gasteiger partial charge is 0.493 e. The number of fused-ring (bicyclic) bond motifs is 1. The Kier molecular flexibility index (Phi) is 6.02. The molecule has 0 unspecified atom stereocenters. The Bertz CT molecular complexity index is 899. The maximum Gasteiger partial charge on any atom is 0.416 e. The first-order valence-electron chi connectivity index (χ1n) is 9.19. The quantitative estimate of drug-likeness (QED) is 0.802. The lowest BCUT2D eigenvalue weighted by atomic mass is 9.93. The van der Waals surface area contributed by atoms with Crippen LogP contribution in [0.25, 0.3) is 0 Å². The summed E-state index contributed by atoms with van der Waals surface area (Å²) in [5, 5.41) is 2.56. The van der Waals surface area contributed by atoms with Crippen molar-refractivity contribution in [1.29, 1.82) is 0 Å². The summed E-state index contributed by atoms with van der Waals surface area (Å²) >= 11 is 0. The van der Waals surface area contributed by atoms with Gasteiger partial charge in [0.1, 0.15) is 0 Å². The highest BCUT2D eigenvalue weighted by Gasteiger charge is 2.31. The van der Waals surface area contributed by atoms with Crippen LogP contribution in [0.1, 0.15) is 29.7 Å².